The molecule has 4 nitrogen and oxygen atoms in total. The molecule has 0 aliphatic heterocycles. The third kappa shape index (κ3) is 4.02. The second-order valence-electron chi connectivity index (χ2n) is 6.12. The molecule has 24 heavy (non-hydrogen) atoms. The van der Waals surface area contributed by atoms with Gasteiger partial charge in [-0.05, 0) is 44.2 Å². The van der Waals surface area contributed by atoms with Crippen LogP contribution in [0.15, 0.2) is 47.0 Å². The Balaban J connectivity index is 1.68. The van der Waals surface area contributed by atoms with Gasteiger partial charge in [-0.25, -0.2) is 0 Å². The maximum atomic E-state index is 6.01. The molecule has 0 bridgehead atoms. The van der Waals surface area contributed by atoms with Crippen LogP contribution in [0.2, 0.25) is 5.02 Å². The summed E-state index contributed by atoms with van der Waals surface area (Å²) >= 11 is 6.01. The monoisotopic (exact) mass is 341 g/mol. The normalized spacial score (nSPS) is 11.2. The first kappa shape index (κ1) is 16.7. The van der Waals surface area contributed by atoms with E-state index < -0.39 is 0 Å². The lowest BCUT2D eigenvalue weighted by molar-refractivity contribution is 0.260. The molecule has 0 spiro atoms. The molecular formula is C19H20ClN3O. The minimum atomic E-state index is 0.562. The third-order valence-electron chi connectivity index (χ3n) is 3.89. The van der Waals surface area contributed by atoms with Gasteiger partial charge in [0.1, 0.15) is 0 Å². The van der Waals surface area contributed by atoms with Gasteiger partial charge in [-0.2, -0.15) is 4.98 Å². The number of aromatic nitrogens is 2. The lowest BCUT2D eigenvalue weighted by Gasteiger charge is -2.16. The Bertz CT molecular complexity index is 844. The number of nitrogens with zero attached hydrogens (tertiary/aromatic N) is 3. The molecule has 2 aromatic carbocycles. The number of hydrogen-bond acceptors (Lipinski definition) is 4. The minimum absolute atomic E-state index is 0.562. The quantitative estimate of drug-likeness (QED) is 0.678. The fourth-order valence-electron chi connectivity index (χ4n) is 2.66. The Morgan fingerprint density at radius 3 is 2.67 bits per heavy atom. The van der Waals surface area contributed by atoms with Crippen LogP contribution in [0.25, 0.3) is 11.4 Å². The highest BCUT2D eigenvalue weighted by molar-refractivity contribution is 6.30. The second kappa shape index (κ2) is 7.16. The van der Waals surface area contributed by atoms with Gasteiger partial charge in [0.15, 0.2) is 0 Å². The molecule has 1 aromatic heterocycles. The molecule has 0 atom stereocenters. The fourth-order valence-corrected chi connectivity index (χ4v) is 2.86. The summed E-state index contributed by atoms with van der Waals surface area (Å²) in [4.78, 5) is 6.62. The molecule has 0 saturated heterocycles. The molecule has 0 saturated carbocycles. The van der Waals surface area contributed by atoms with Crippen molar-refractivity contribution in [1.82, 2.24) is 15.0 Å². The first-order valence-electron chi connectivity index (χ1n) is 7.84. The first-order valence-corrected chi connectivity index (χ1v) is 8.22. The second-order valence-corrected chi connectivity index (χ2v) is 6.56. The molecule has 0 amide bonds. The fraction of sp³-hybridized carbons (Fsp3) is 0.263. The minimum Gasteiger partial charge on any atom is -0.338 e. The summed E-state index contributed by atoms with van der Waals surface area (Å²) in [5.41, 5.74) is 4.74. The molecule has 0 aliphatic rings. The third-order valence-corrected chi connectivity index (χ3v) is 4.13. The predicted molar refractivity (Wildman–Crippen MR) is 95.8 cm³/mol. The van der Waals surface area contributed by atoms with Crippen molar-refractivity contribution in [2.24, 2.45) is 0 Å². The number of benzene rings is 2. The van der Waals surface area contributed by atoms with Crippen LogP contribution in [0.5, 0.6) is 0 Å². The SMILES string of the molecule is Cc1ccc(CN(C)Cc2nc(-c3cccc(Cl)c3)no2)c(C)c1. The van der Waals surface area contributed by atoms with Crippen molar-refractivity contribution in [3.8, 4) is 11.4 Å². The van der Waals surface area contributed by atoms with E-state index in [0.29, 0.717) is 23.3 Å². The van der Waals surface area contributed by atoms with Crippen molar-refractivity contribution in [3.63, 3.8) is 0 Å². The summed E-state index contributed by atoms with van der Waals surface area (Å²) in [5, 5.41) is 4.70. The number of aryl methyl sites for hydroxylation is 2. The summed E-state index contributed by atoms with van der Waals surface area (Å²) in [6.45, 7) is 5.68. The van der Waals surface area contributed by atoms with Gasteiger partial charge in [0, 0.05) is 17.1 Å². The van der Waals surface area contributed by atoms with Crippen LogP contribution >= 0.6 is 11.6 Å². The van der Waals surface area contributed by atoms with Crippen molar-refractivity contribution in [1.29, 1.82) is 0 Å². The van der Waals surface area contributed by atoms with Crippen LogP contribution in [0.4, 0.5) is 0 Å². The van der Waals surface area contributed by atoms with Crippen molar-refractivity contribution >= 4 is 11.6 Å². The van der Waals surface area contributed by atoms with Gasteiger partial charge in [0.05, 0.1) is 6.54 Å². The zero-order chi connectivity index (χ0) is 17.1. The standard InChI is InChI=1S/C19H20ClN3O/c1-13-7-8-16(14(2)9-13)11-23(3)12-18-21-19(22-24-18)15-5-4-6-17(20)10-15/h4-10H,11-12H2,1-3H3. The van der Waals surface area contributed by atoms with Gasteiger partial charge >= 0.3 is 0 Å². The van der Waals surface area contributed by atoms with E-state index in [0.717, 1.165) is 12.1 Å². The maximum absolute atomic E-state index is 6.01. The molecular weight excluding hydrogens is 322 g/mol. The van der Waals surface area contributed by atoms with E-state index in [1.165, 1.54) is 16.7 Å². The maximum Gasteiger partial charge on any atom is 0.241 e. The Kier molecular flexibility index (Phi) is 4.97. The van der Waals surface area contributed by atoms with Crippen LogP contribution in [-0.4, -0.2) is 22.1 Å². The molecule has 0 unspecified atom stereocenters. The average Bonchev–Trinajstić information content (AvgIpc) is 2.98. The Labute approximate surface area is 147 Å². The molecule has 0 N–H and O–H groups in total. The molecule has 0 radical (unpaired) electrons. The summed E-state index contributed by atoms with van der Waals surface area (Å²) in [5.74, 6) is 1.16. The summed E-state index contributed by atoms with van der Waals surface area (Å²) < 4.78 is 5.37. The van der Waals surface area contributed by atoms with Gasteiger partial charge < -0.3 is 4.52 Å². The molecule has 5 heteroatoms. The van der Waals surface area contributed by atoms with Gasteiger partial charge in [0.25, 0.3) is 0 Å². The van der Waals surface area contributed by atoms with Crippen LogP contribution in [0, 0.1) is 13.8 Å². The largest absolute Gasteiger partial charge is 0.338 e. The van der Waals surface area contributed by atoms with Gasteiger partial charge in [-0.1, -0.05) is 52.7 Å². The Morgan fingerprint density at radius 2 is 1.92 bits per heavy atom. The summed E-state index contributed by atoms with van der Waals surface area (Å²) in [6.07, 6.45) is 0. The molecule has 0 fully saturated rings. The summed E-state index contributed by atoms with van der Waals surface area (Å²) in [7, 11) is 2.04. The van der Waals surface area contributed by atoms with Gasteiger partial charge in [0.2, 0.25) is 11.7 Å². The van der Waals surface area contributed by atoms with Gasteiger partial charge in [-0.3, -0.25) is 4.90 Å². The lowest BCUT2D eigenvalue weighted by atomic mass is 10.1. The molecule has 1 heterocycles. The van der Waals surface area contributed by atoms with E-state index in [1.54, 1.807) is 0 Å². The average molecular weight is 342 g/mol. The van der Waals surface area contributed by atoms with Crippen molar-refractivity contribution in [2.45, 2.75) is 26.9 Å². The van der Waals surface area contributed by atoms with Crippen LogP contribution < -0.4 is 0 Å². The highest BCUT2D eigenvalue weighted by Crippen LogP contribution is 2.20. The number of halogens is 1. The Hall–Kier alpha value is -2.17. The number of hydrogen-bond donors (Lipinski definition) is 0. The molecule has 3 rings (SSSR count). The van der Waals surface area contributed by atoms with Crippen molar-refractivity contribution in [2.75, 3.05) is 7.05 Å². The predicted octanol–water partition coefficient (Wildman–Crippen LogP) is 4.64. The highest BCUT2D eigenvalue weighted by Gasteiger charge is 2.12. The van der Waals surface area contributed by atoms with E-state index in [4.69, 9.17) is 16.1 Å². The van der Waals surface area contributed by atoms with Crippen molar-refractivity contribution < 1.29 is 4.52 Å². The molecule has 124 valence electrons. The Morgan fingerprint density at radius 1 is 1.08 bits per heavy atom. The zero-order valence-electron chi connectivity index (χ0n) is 14.1. The van der Waals surface area contributed by atoms with Crippen LogP contribution in [0.1, 0.15) is 22.6 Å². The van der Waals surface area contributed by atoms with Gasteiger partial charge in [-0.15, -0.1) is 0 Å². The van der Waals surface area contributed by atoms with E-state index in [2.05, 4.69) is 47.1 Å². The first-order chi connectivity index (χ1) is 11.5. The summed E-state index contributed by atoms with van der Waals surface area (Å²) in [6, 6.07) is 14.0. The lowest BCUT2D eigenvalue weighted by Crippen LogP contribution is -2.18. The smallest absolute Gasteiger partial charge is 0.241 e. The topological polar surface area (TPSA) is 42.2 Å². The van der Waals surface area contributed by atoms with Crippen LogP contribution in [0.3, 0.4) is 0 Å². The van der Waals surface area contributed by atoms with E-state index in [-0.39, 0.29) is 0 Å². The van der Waals surface area contributed by atoms with E-state index in [1.807, 2.05) is 31.3 Å². The molecule has 3 aromatic rings. The van der Waals surface area contributed by atoms with Crippen molar-refractivity contribution in [3.05, 3.63) is 70.1 Å². The highest BCUT2D eigenvalue weighted by atomic mass is 35.5. The zero-order valence-corrected chi connectivity index (χ0v) is 14.8. The van der Waals surface area contributed by atoms with E-state index >= 15 is 0 Å². The van der Waals surface area contributed by atoms with Crippen LogP contribution in [-0.2, 0) is 13.1 Å². The molecule has 0 aliphatic carbocycles. The number of rotatable bonds is 5. The van der Waals surface area contributed by atoms with E-state index in [9.17, 15) is 0 Å².